The Balaban J connectivity index is 1.28. The smallest absolute Gasteiger partial charge is 0.217 e. The average Bonchev–Trinajstić information content (AvgIpc) is 3.44. The summed E-state index contributed by atoms with van der Waals surface area (Å²) in [4.78, 5) is 26.9. The molecule has 9 atom stereocenters. The predicted molar refractivity (Wildman–Crippen MR) is 149 cm³/mol. The van der Waals surface area contributed by atoms with Gasteiger partial charge in [-0.1, -0.05) is 32.1 Å². The fourth-order valence-electron chi connectivity index (χ4n) is 9.88. The van der Waals surface area contributed by atoms with Crippen LogP contribution in [0.15, 0.2) is 53.7 Å². The second kappa shape index (κ2) is 9.55. The summed E-state index contributed by atoms with van der Waals surface area (Å²) in [6.07, 6.45) is 19.3. The number of rotatable bonds is 4. The first-order valence-electron chi connectivity index (χ1n) is 14.5. The highest BCUT2D eigenvalue weighted by atomic mass is 32.1. The topological polar surface area (TPSA) is 58.2 Å². The molecule has 5 heteroatoms. The molecule has 4 fully saturated rings. The fourth-order valence-corrected chi connectivity index (χ4v) is 10.7. The van der Waals surface area contributed by atoms with Gasteiger partial charge < -0.3 is 10.6 Å². The Morgan fingerprint density at radius 3 is 2.62 bits per heavy atom. The number of ketones is 1. The highest BCUT2D eigenvalue weighted by Gasteiger charge is 2.62. The van der Waals surface area contributed by atoms with Crippen LogP contribution in [0.25, 0.3) is 0 Å². The van der Waals surface area contributed by atoms with Gasteiger partial charge in [-0.15, -0.1) is 11.3 Å². The zero-order chi connectivity index (χ0) is 25.8. The summed E-state index contributed by atoms with van der Waals surface area (Å²) in [7, 11) is 0. The molecule has 0 radical (unpaired) electrons. The van der Waals surface area contributed by atoms with Gasteiger partial charge in [0.05, 0.1) is 12.0 Å². The molecule has 3 unspecified atom stereocenters. The predicted octanol–water partition coefficient (Wildman–Crippen LogP) is 6.94. The lowest BCUT2D eigenvalue weighted by atomic mass is 9.43. The van der Waals surface area contributed by atoms with Crippen molar-refractivity contribution < 1.29 is 9.59 Å². The molecule has 37 heavy (non-hydrogen) atoms. The molecular weight excluding hydrogens is 476 g/mol. The van der Waals surface area contributed by atoms with Crippen molar-refractivity contribution in [1.82, 2.24) is 10.6 Å². The molecule has 4 saturated carbocycles. The maximum Gasteiger partial charge on any atom is 0.217 e. The monoisotopic (exact) mass is 518 g/mol. The molecule has 0 bridgehead atoms. The second-order valence-corrected chi connectivity index (χ2v) is 13.9. The van der Waals surface area contributed by atoms with Crippen LogP contribution in [0, 0.1) is 46.3 Å². The summed E-state index contributed by atoms with van der Waals surface area (Å²) < 4.78 is 0. The van der Waals surface area contributed by atoms with Gasteiger partial charge in [0, 0.05) is 30.1 Å². The van der Waals surface area contributed by atoms with Gasteiger partial charge in [0.15, 0.2) is 0 Å². The first-order valence-corrected chi connectivity index (χ1v) is 15.3. The molecule has 1 amide bonds. The minimum Gasteiger partial charge on any atom is -0.364 e. The van der Waals surface area contributed by atoms with Crippen LogP contribution in [0.1, 0.15) is 83.1 Å². The first kappa shape index (κ1) is 25.2. The Morgan fingerprint density at radius 1 is 1.03 bits per heavy atom. The van der Waals surface area contributed by atoms with Crippen LogP contribution in [-0.2, 0) is 9.59 Å². The Kier molecular flexibility index (Phi) is 6.50. The third-order valence-electron chi connectivity index (χ3n) is 11.5. The maximum absolute atomic E-state index is 13.4. The van der Waals surface area contributed by atoms with Crippen molar-refractivity contribution in [2.75, 3.05) is 0 Å². The van der Waals surface area contributed by atoms with E-state index in [9.17, 15) is 9.59 Å². The third-order valence-corrected chi connectivity index (χ3v) is 12.4. The van der Waals surface area contributed by atoms with E-state index in [1.54, 1.807) is 18.3 Å². The van der Waals surface area contributed by atoms with E-state index in [1.165, 1.54) is 37.0 Å². The van der Waals surface area contributed by atoms with E-state index in [-0.39, 0.29) is 28.7 Å². The number of fused-ring (bicyclic) bond motifs is 5. The number of Topliss-reactive ketones (excluding diaryl/α,β-unsaturated/α-hetero) is 1. The summed E-state index contributed by atoms with van der Waals surface area (Å²) in [6.45, 7) is 6.76. The summed E-state index contributed by atoms with van der Waals surface area (Å²) in [5.74, 6) is 3.56. The number of amides is 1. The van der Waals surface area contributed by atoms with Gasteiger partial charge in [0.1, 0.15) is 5.78 Å². The maximum atomic E-state index is 13.4. The molecule has 2 heterocycles. The van der Waals surface area contributed by atoms with E-state index < -0.39 is 0 Å². The standard InChI is InChI=1S/C32H42N2O2S/c1-20(35)34-30(28-9-7-19-37-28)25-13-12-22-21-10-11-24-29(26-8-5-4-6-18-33-26)27(36)15-17-31(24,2)23(21)14-16-32(22,25)3/h4-9,18-19,21-25,29-30,33H,10-17H2,1-3H3,(H,34,35)/t21-,22-,23-,24-,25?,29?,30?,31+,32-/m0/s1. The lowest BCUT2D eigenvalue weighted by Crippen LogP contribution is -2.57. The van der Waals surface area contributed by atoms with Crippen molar-refractivity contribution in [3.8, 4) is 0 Å². The first-order chi connectivity index (χ1) is 17.8. The van der Waals surface area contributed by atoms with Crippen LogP contribution in [0.3, 0.4) is 0 Å². The van der Waals surface area contributed by atoms with Crippen molar-refractivity contribution in [2.45, 2.75) is 78.2 Å². The molecule has 0 saturated heterocycles. The van der Waals surface area contributed by atoms with Crippen LogP contribution < -0.4 is 10.6 Å². The molecule has 198 valence electrons. The minimum absolute atomic E-state index is 0.000266. The molecule has 1 aliphatic heterocycles. The minimum atomic E-state index is -0.000266. The zero-order valence-electron chi connectivity index (χ0n) is 22.5. The molecule has 0 aromatic carbocycles. The average molecular weight is 519 g/mol. The SMILES string of the molecule is CC(=O)NC(c1cccs1)C1CC[C@H]2[C@@H]3CC[C@H]4C(C5=CC=CC=CN5)C(=O)CC[C@]4(C)[C@H]3CC[C@]12C. The van der Waals surface area contributed by atoms with E-state index in [4.69, 9.17) is 0 Å². The Hall–Kier alpha value is -2.14. The van der Waals surface area contributed by atoms with Crippen LogP contribution in [0.4, 0.5) is 0 Å². The van der Waals surface area contributed by atoms with Crippen LogP contribution in [0.5, 0.6) is 0 Å². The molecule has 1 aromatic heterocycles. The van der Waals surface area contributed by atoms with Gasteiger partial charge in [-0.25, -0.2) is 0 Å². The molecule has 2 N–H and O–H groups in total. The summed E-state index contributed by atoms with van der Waals surface area (Å²) in [6, 6.07) is 4.45. The Bertz CT molecular complexity index is 1140. The Labute approximate surface area is 226 Å². The number of nitrogens with one attached hydrogen (secondary N) is 2. The molecule has 4 aliphatic carbocycles. The molecule has 4 nitrogen and oxygen atoms in total. The molecule has 6 rings (SSSR count). The lowest BCUT2D eigenvalue weighted by Gasteiger charge is -2.62. The number of thiophene rings is 1. The second-order valence-electron chi connectivity index (χ2n) is 12.9. The van der Waals surface area contributed by atoms with E-state index in [2.05, 4.69) is 54.1 Å². The number of carbonyl (C=O) groups excluding carboxylic acids is 2. The number of carbonyl (C=O) groups is 2. The van der Waals surface area contributed by atoms with E-state index in [1.807, 2.05) is 18.4 Å². The van der Waals surface area contributed by atoms with Crippen molar-refractivity contribution in [1.29, 1.82) is 0 Å². The number of allylic oxidation sites excluding steroid dienone is 5. The number of hydrogen-bond acceptors (Lipinski definition) is 4. The largest absolute Gasteiger partial charge is 0.364 e. The van der Waals surface area contributed by atoms with Crippen LogP contribution in [0.2, 0.25) is 0 Å². The van der Waals surface area contributed by atoms with Gasteiger partial charge in [0.25, 0.3) is 0 Å². The van der Waals surface area contributed by atoms with Gasteiger partial charge in [0.2, 0.25) is 5.91 Å². The summed E-state index contributed by atoms with van der Waals surface area (Å²) in [5.41, 5.74) is 1.57. The lowest BCUT2D eigenvalue weighted by molar-refractivity contribution is -0.149. The van der Waals surface area contributed by atoms with Crippen LogP contribution >= 0.6 is 11.3 Å². The van der Waals surface area contributed by atoms with Gasteiger partial charge >= 0.3 is 0 Å². The van der Waals surface area contributed by atoms with E-state index in [0.717, 1.165) is 24.5 Å². The van der Waals surface area contributed by atoms with Gasteiger partial charge in [-0.2, -0.15) is 0 Å². The zero-order valence-corrected chi connectivity index (χ0v) is 23.4. The van der Waals surface area contributed by atoms with Crippen molar-refractivity contribution in [2.24, 2.45) is 46.3 Å². The molecular formula is C32H42N2O2S. The van der Waals surface area contributed by atoms with Gasteiger partial charge in [-0.3, -0.25) is 9.59 Å². The molecule has 5 aliphatic rings. The summed E-state index contributed by atoms with van der Waals surface area (Å²) in [5, 5.41) is 8.97. The number of hydrogen-bond donors (Lipinski definition) is 2. The third kappa shape index (κ3) is 4.07. The van der Waals surface area contributed by atoms with E-state index in [0.29, 0.717) is 35.9 Å². The highest BCUT2D eigenvalue weighted by Crippen LogP contribution is 2.69. The quantitative estimate of drug-likeness (QED) is 0.454. The highest BCUT2D eigenvalue weighted by molar-refractivity contribution is 7.10. The normalized spacial score (nSPS) is 41.5. The van der Waals surface area contributed by atoms with Crippen molar-refractivity contribution in [3.63, 3.8) is 0 Å². The molecule has 0 spiro atoms. The van der Waals surface area contributed by atoms with Crippen molar-refractivity contribution in [3.05, 3.63) is 58.6 Å². The summed E-state index contributed by atoms with van der Waals surface area (Å²) >= 11 is 1.78. The van der Waals surface area contributed by atoms with Gasteiger partial charge in [-0.05, 0) is 109 Å². The van der Waals surface area contributed by atoms with Crippen LogP contribution in [-0.4, -0.2) is 11.7 Å². The van der Waals surface area contributed by atoms with E-state index >= 15 is 0 Å². The Morgan fingerprint density at radius 2 is 1.84 bits per heavy atom. The molecule has 1 aromatic rings. The van der Waals surface area contributed by atoms with Crippen molar-refractivity contribution >= 4 is 23.0 Å². The fraction of sp³-hybridized carbons (Fsp3) is 0.625.